The Hall–Kier alpha value is -3.25. The van der Waals surface area contributed by atoms with E-state index in [1.54, 1.807) is 18.3 Å². The summed E-state index contributed by atoms with van der Waals surface area (Å²) in [5, 5.41) is 9.11. The zero-order valence-electron chi connectivity index (χ0n) is 15.2. The minimum atomic E-state index is -0.422. The van der Waals surface area contributed by atoms with E-state index in [-0.39, 0.29) is 12.2 Å². The molecular weight excluding hydrogens is 357 g/mol. The zero-order chi connectivity index (χ0) is 19.7. The van der Waals surface area contributed by atoms with Crippen molar-refractivity contribution in [3.05, 3.63) is 88.4 Å². The average Bonchev–Trinajstić information content (AvgIpc) is 3.12. The van der Waals surface area contributed by atoms with Crippen LogP contribution in [0, 0.1) is 5.82 Å². The molecule has 3 N–H and O–H groups in total. The topological polar surface area (TPSA) is 79.5 Å². The van der Waals surface area contributed by atoms with Crippen molar-refractivity contribution in [3.8, 4) is 0 Å². The number of pyridine rings is 1. The second-order valence-electron chi connectivity index (χ2n) is 6.85. The first-order valence-corrected chi connectivity index (χ1v) is 9.09. The quantitative estimate of drug-likeness (QED) is 0.716. The third-order valence-corrected chi connectivity index (χ3v) is 5.08. The van der Waals surface area contributed by atoms with Crippen LogP contribution in [0.15, 0.2) is 54.7 Å². The number of nitrogens with zero attached hydrogens (tertiary/aromatic N) is 2. The van der Waals surface area contributed by atoms with E-state index in [2.05, 4.69) is 9.88 Å². The number of benzene rings is 2. The summed E-state index contributed by atoms with van der Waals surface area (Å²) in [5.74, 6) is -0.0409. The number of halogens is 1. The highest BCUT2D eigenvalue weighted by Crippen LogP contribution is 2.35. The average molecular weight is 377 g/mol. The number of fused-ring (bicyclic) bond motifs is 1. The number of aliphatic hydroxyl groups excluding tert-OH is 1. The van der Waals surface area contributed by atoms with Crippen molar-refractivity contribution in [3.63, 3.8) is 0 Å². The monoisotopic (exact) mass is 377 g/mol. The van der Waals surface area contributed by atoms with Crippen LogP contribution in [0.1, 0.15) is 32.6 Å². The van der Waals surface area contributed by atoms with Gasteiger partial charge in [0, 0.05) is 29.6 Å². The molecule has 2 heterocycles. The van der Waals surface area contributed by atoms with E-state index in [0.717, 1.165) is 41.2 Å². The first-order valence-electron chi connectivity index (χ1n) is 9.09. The number of amides is 1. The Labute approximate surface area is 162 Å². The van der Waals surface area contributed by atoms with Gasteiger partial charge in [-0.2, -0.15) is 0 Å². The Bertz CT molecular complexity index is 1050. The molecule has 0 atom stereocenters. The molecule has 142 valence electrons. The van der Waals surface area contributed by atoms with Crippen molar-refractivity contribution >= 4 is 17.4 Å². The van der Waals surface area contributed by atoms with Gasteiger partial charge < -0.3 is 15.7 Å². The summed E-state index contributed by atoms with van der Waals surface area (Å²) in [6.07, 6.45) is 3.02. The molecule has 6 heteroatoms. The molecule has 0 spiro atoms. The Balaban J connectivity index is 1.62. The number of aromatic nitrogens is 1. The third-order valence-electron chi connectivity index (χ3n) is 5.08. The number of rotatable bonds is 5. The maximum absolute atomic E-state index is 13.9. The van der Waals surface area contributed by atoms with E-state index in [0.29, 0.717) is 12.0 Å². The SMILES string of the molecule is NC(=O)c1cccc2c1CCN2c1cc(Cc2ccc(CO)c(F)c2)ccn1. The number of hydrogen-bond acceptors (Lipinski definition) is 4. The molecular formula is C22H20FN3O2. The summed E-state index contributed by atoms with van der Waals surface area (Å²) in [7, 11) is 0. The lowest BCUT2D eigenvalue weighted by Gasteiger charge is -2.19. The van der Waals surface area contributed by atoms with Gasteiger partial charge in [-0.15, -0.1) is 0 Å². The van der Waals surface area contributed by atoms with Crippen LogP contribution < -0.4 is 10.6 Å². The van der Waals surface area contributed by atoms with Crippen LogP contribution in [0.4, 0.5) is 15.9 Å². The molecule has 0 unspecified atom stereocenters. The number of primary amides is 1. The predicted octanol–water partition coefficient (Wildman–Crippen LogP) is 3.10. The summed E-state index contributed by atoms with van der Waals surface area (Å²) in [5.41, 5.74) is 10.1. The van der Waals surface area contributed by atoms with Crippen LogP contribution in [-0.2, 0) is 19.4 Å². The second-order valence-corrected chi connectivity index (χ2v) is 6.85. The van der Waals surface area contributed by atoms with Crippen molar-refractivity contribution in [2.24, 2.45) is 5.73 Å². The van der Waals surface area contributed by atoms with Crippen molar-refractivity contribution < 1.29 is 14.3 Å². The minimum absolute atomic E-state index is 0.290. The van der Waals surface area contributed by atoms with Crippen molar-refractivity contribution in [2.75, 3.05) is 11.4 Å². The van der Waals surface area contributed by atoms with Gasteiger partial charge in [-0.25, -0.2) is 9.37 Å². The smallest absolute Gasteiger partial charge is 0.249 e. The number of aliphatic hydroxyl groups is 1. The molecule has 1 amide bonds. The zero-order valence-corrected chi connectivity index (χ0v) is 15.2. The lowest BCUT2D eigenvalue weighted by atomic mass is 10.0. The van der Waals surface area contributed by atoms with Crippen LogP contribution in [0.3, 0.4) is 0 Å². The number of carbonyl (C=O) groups is 1. The van der Waals surface area contributed by atoms with Crippen molar-refractivity contribution in [1.29, 1.82) is 0 Å². The van der Waals surface area contributed by atoms with Gasteiger partial charge in [0.1, 0.15) is 11.6 Å². The molecule has 4 rings (SSSR count). The molecule has 3 aromatic rings. The number of carbonyl (C=O) groups excluding carboxylic acids is 1. The lowest BCUT2D eigenvalue weighted by molar-refractivity contribution is 0.0999. The summed E-state index contributed by atoms with van der Waals surface area (Å²) in [6.45, 7) is 0.406. The molecule has 2 aromatic carbocycles. The fourth-order valence-electron chi connectivity index (χ4n) is 3.69. The number of nitrogens with two attached hydrogens (primary N) is 1. The highest BCUT2D eigenvalue weighted by atomic mass is 19.1. The largest absolute Gasteiger partial charge is 0.392 e. The Morgan fingerprint density at radius 1 is 1.18 bits per heavy atom. The number of hydrogen-bond donors (Lipinski definition) is 2. The summed E-state index contributed by atoms with van der Waals surface area (Å²) < 4.78 is 13.9. The second kappa shape index (κ2) is 7.40. The fourth-order valence-corrected chi connectivity index (χ4v) is 3.69. The number of anilines is 2. The minimum Gasteiger partial charge on any atom is -0.392 e. The van der Waals surface area contributed by atoms with Crippen LogP contribution in [0.2, 0.25) is 0 Å². The molecule has 1 aliphatic heterocycles. The molecule has 0 radical (unpaired) electrons. The summed E-state index contributed by atoms with van der Waals surface area (Å²) in [6, 6.07) is 14.3. The molecule has 1 aliphatic rings. The highest BCUT2D eigenvalue weighted by Gasteiger charge is 2.25. The van der Waals surface area contributed by atoms with E-state index < -0.39 is 11.7 Å². The normalized spacial score (nSPS) is 12.9. The molecule has 0 saturated heterocycles. The molecule has 5 nitrogen and oxygen atoms in total. The van der Waals surface area contributed by atoms with Gasteiger partial charge >= 0.3 is 0 Å². The van der Waals surface area contributed by atoms with Gasteiger partial charge in [0.15, 0.2) is 0 Å². The first-order chi connectivity index (χ1) is 13.6. The maximum atomic E-state index is 13.9. The van der Waals surface area contributed by atoms with E-state index >= 15 is 0 Å². The Kier molecular flexibility index (Phi) is 4.79. The van der Waals surface area contributed by atoms with Gasteiger partial charge in [-0.1, -0.05) is 18.2 Å². The maximum Gasteiger partial charge on any atom is 0.249 e. The lowest BCUT2D eigenvalue weighted by Crippen LogP contribution is -2.15. The standard InChI is InChI=1S/C22H20FN3O2/c23-19-11-14(4-5-16(19)13-27)10-15-6-8-25-21(12-15)26-9-7-17-18(22(24)28)2-1-3-20(17)26/h1-6,8,11-12,27H,7,9-10,13H2,(H2,24,28). The molecule has 0 saturated carbocycles. The van der Waals surface area contributed by atoms with Gasteiger partial charge in [0.05, 0.1) is 6.61 Å². The summed E-state index contributed by atoms with van der Waals surface area (Å²) in [4.78, 5) is 18.2. The van der Waals surface area contributed by atoms with E-state index in [9.17, 15) is 9.18 Å². The van der Waals surface area contributed by atoms with E-state index in [1.165, 1.54) is 6.07 Å². The van der Waals surface area contributed by atoms with Crippen molar-refractivity contribution in [1.82, 2.24) is 4.98 Å². The van der Waals surface area contributed by atoms with Gasteiger partial charge in [-0.3, -0.25) is 4.79 Å². The highest BCUT2D eigenvalue weighted by molar-refractivity contribution is 5.96. The molecule has 0 bridgehead atoms. The molecule has 1 aromatic heterocycles. The Morgan fingerprint density at radius 3 is 2.75 bits per heavy atom. The van der Waals surface area contributed by atoms with Gasteiger partial charge in [0.2, 0.25) is 5.91 Å². The third kappa shape index (κ3) is 3.34. The predicted molar refractivity (Wildman–Crippen MR) is 105 cm³/mol. The molecule has 0 aliphatic carbocycles. The summed E-state index contributed by atoms with van der Waals surface area (Å²) >= 11 is 0. The van der Waals surface area contributed by atoms with Gasteiger partial charge in [-0.05, 0) is 59.9 Å². The Morgan fingerprint density at radius 2 is 2.00 bits per heavy atom. The van der Waals surface area contributed by atoms with E-state index in [1.807, 2.05) is 30.3 Å². The van der Waals surface area contributed by atoms with Crippen LogP contribution in [0.5, 0.6) is 0 Å². The van der Waals surface area contributed by atoms with Crippen molar-refractivity contribution in [2.45, 2.75) is 19.4 Å². The molecule has 0 fully saturated rings. The van der Waals surface area contributed by atoms with E-state index in [4.69, 9.17) is 10.8 Å². The molecule has 28 heavy (non-hydrogen) atoms. The van der Waals surface area contributed by atoms with Crippen LogP contribution in [0.25, 0.3) is 0 Å². The van der Waals surface area contributed by atoms with Gasteiger partial charge in [0.25, 0.3) is 0 Å². The van der Waals surface area contributed by atoms with Crippen LogP contribution >= 0.6 is 0 Å². The fraction of sp³-hybridized carbons (Fsp3) is 0.182. The first kappa shape index (κ1) is 18.1. The van der Waals surface area contributed by atoms with Crippen LogP contribution in [-0.4, -0.2) is 22.5 Å².